The monoisotopic (exact) mass is 125 g/mol. The lowest BCUT2D eigenvalue weighted by atomic mass is 9.96. The van der Waals surface area contributed by atoms with E-state index < -0.39 is 0 Å². The third-order valence-corrected chi connectivity index (χ3v) is 2.19. The Morgan fingerprint density at radius 2 is 2.22 bits per heavy atom. The number of aliphatic imine (C=N–C) groups is 1. The topological polar surface area (TPSA) is 12.4 Å². The molecule has 0 spiro atoms. The zero-order valence-electron chi connectivity index (χ0n) is 6.30. The molecule has 0 aromatic carbocycles. The Kier molecular flexibility index (Phi) is 2.26. The van der Waals surface area contributed by atoms with Gasteiger partial charge in [-0.2, -0.15) is 0 Å². The number of hydrogen-bond donors (Lipinski definition) is 0. The van der Waals surface area contributed by atoms with Gasteiger partial charge in [-0.25, -0.2) is 0 Å². The van der Waals surface area contributed by atoms with Crippen LogP contribution in [0.5, 0.6) is 0 Å². The van der Waals surface area contributed by atoms with Crippen LogP contribution in [0.25, 0.3) is 0 Å². The van der Waals surface area contributed by atoms with Crippen LogP contribution in [0.1, 0.15) is 33.1 Å². The summed E-state index contributed by atoms with van der Waals surface area (Å²) in [5, 5.41) is 0. The molecule has 1 aliphatic heterocycles. The number of rotatable bonds is 2. The molecule has 0 saturated heterocycles. The Hall–Kier alpha value is -0.330. The lowest BCUT2D eigenvalue weighted by Crippen LogP contribution is -2.11. The van der Waals surface area contributed by atoms with Gasteiger partial charge < -0.3 is 0 Å². The number of hydrogen-bond acceptors (Lipinski definition) is 1. The van der Waals surface area contributed by atoms with Gasteiger partial charge in [-0.3, -0.25) is 4.99 Å². The van der Waals surface area contributed by atoms with E-state index in [-0.39, 0.29) is 0 Å². The van der Waals surface area contributed by atoms with Gasteiger partial charge in [-0.15, -0.1) is 0 Å². The van der Waals surface area contributed by atoms with Gasteiger partial charge in [0.15, 0.2) is 0 Å². The summed E-state index contributed by atoms with van der Waals surface area (Å²) in [5.41, 5.74) is 0. The van der Waals surface area contributed by atoms with Crippen molar-refractivity contribution in [2.75, 3.05) is 0 Å². The zero-order valence-corrected chi connectivity index (χ0v) is 6.30. The summed E-state index contributed by atoms with van der Waals surface area (Å²) in [5.74, 6) is 0.856. The van der Waals surface area contributed by atoms with Crippen molar-refractivity contribution >= 4 is 6.21 Å². The molecule has 0 aromatic heterocycles. The van der Waals surface area contributed by atoms with Crippen molar-refractivity contribution in [3.63, 3.8) is 0 Å². The predicted octanol–water partition coefficient (Wildman–Crippen LogP) is 2.27. The minimum atomic E-state index is 0.648. The van der Waals surface area contributed by atoms with E-state index in [1.165, 1.54) is 19.3 Å². The fourth-order valence-electron chi connectivity index (χ4n) is 1.49. The molecule has 52 valence electrons. The molecule has 1 nitrogen and oxygen atoms in total. The Morgan fingerprint density at radius 3 is 2.67 bits per heavy atom. The first-order chi connectivity index (χ1) is 4.38. The van der Waals surface area contributed by atoms with Crippen molar-refractivity contribution < 1.29 is 0 Å². The van der Waals surface area contributed by atoms with Crippen LogP contribution in [0, 0.1) is 5.92 Å². The van der Waals surface area contributed by atoms with Gasteiger partial charge in [0.25, 0.3) is 0 Å². The zero-order chi connectivity index (χ0) is 6.69. The van der Waals surface area contributed by atoms with E-state index in [0.717, 1.165) is 5.92 Å². The molecule has 9 heavy (non-hydrogen) atoms. The lowest BCUT2D eigenvalue weighted by molar-refractivity contribution is 0.441. The van der Waals surface area contributed by atoms with Crippen LogP contribution < -0.4 is 0 Å². The molecule has 2 atom stereocenters. The molecule has 1 heterocycles. The Labute approximate surface area is 57.2 Å². The van der Waals surface area contributed by atoms with Gasteiger partial charge >= 0.3 is 0 Å². The maximum absolute atomic E-state index is 4.38. The molecule has 0 radical (unpaired) electrons. The Bertz CT molecular complexity index is 107. The highest BCUT2D eigenvalue weighted by molar-refractivity contribution is 5.60. The summed E-state index contributed by atoms with van der Waals surface area (Å²) in [6.07, 6.45) is 5.81. The maximum Gasteiger partial charge on any atom is 0.0524 e. The molecule has 1 aliphatic rings. The van der Waals surface area contributed by atoms with Crippen molar-refractivity contribution in [2.45, 2.75) is 39.2 Å². The van der Waals surface area contributed by atoms with Crippen LogP contribution in [0.15, 0.2) is 4.99 Å². The van der Waals surface area contributed by atoms with Gasteiger partial charge in [0.1, 0.15) is 0 Å². The molecular formula is C8H15N. The van der Waals surface area contributed by atoms with Gasteiger partial charge in [0, 0.05) is 0 Å². The summed E-state index contributed by atoms with van der Waals surface area (Å²) in [4.78, 5) is 4.38. The molecular weight excluding hydrogens is 110 g/mol. The second kappa shape index (κ2) is 3.00. The van der Waals surface area contributed by atoms with Crippen LogP contribution in [-0.2, 0) is 0 Å². The SMILES string of the molecule is CCC1CC=NC1CC. The fraction of sp³-hybridized carbons (Fsp3) is 0.875. The van der Waals surface area contributed by atoms with E-state index in [2.05, 4.69) is 25.1 Å². The summed E-state index contributed by atoms with van der Waals surface area (Å²) >= 11 is 0. The summed E-state index contributed by atoms with van der Waals surface area (Å²) in [7, 11) is 0. The van der Waals surface area contributed by atoms with E-state index in [9.17, 15) is 0 Å². The molecule has 0 aliphatic carbocycles. The molecule has 1 heteroatoms. The normalized spacial score (nSPS) is 33.6. The highest BCUT2D eigenvalue weighted by Crippen LogP contribution is 2.22. The molecule has 0 aromatic rings. The van der Waals surface area contributed by atoms with Crippen molar-refractivity contribution in [2.24, 2.45) is 10.9 Å². The summed E-state index contributed by atoms with van der Waals surface area (Å²) in [6.45, 7) is 4.47. The van der Waals surface area contributed by atoms with E-state index >= 15 is 0 Å². The van der Waals surface area contributed by atoms with E-state index in [1.54, 1.807) is 0 Å². The maximum atomic E-state index is 4.38. The first-order valence-electron chi connectivity index (χ1n) is 3.90. The highest BCUT2D eigenvalue weighted by atomic mass is 14.8. The van der Waals surface area contributed by atoms with E-state index in [1.807, 2.05) is 0 Å². The molecule has 2 unspecified atom stereocenters. The first-order valence-corrected chi connectivity index (χ1v) is 3.90. The molecule has 1 rings (SSSR count). The molecule has 0 N–H and O–H groups in total. The van der Waals surface area contributed by atoms with Gasteiger partial charge in [-0.1, -0.05) is 20.3 Å². The lowest BCUT2D eigenvalue weighted by Gasteiger charge is -2.12. The van der Waals surface area contributed by atoms with Crippen molar-refractivity contribution in [3.8, 4) is 0 Å². The van der Waals surface area contributed by atoms with Crippen LogP contribution in [0.4, 0.5) is 0 Å². The minimum absolute atomic E-state index is 0.648. The second-order valence-electron chi connectivity index (χ2n) is 2.71. The quantitative estimate of drug-likeness (QED) is 0.537. The average molecular weight is 125 g/mol. The Morgan fingerprint density at radius 1 is 1.44 bits per heavy atom. The van der Waals surface area contributed by atoms with Gasteiger partial charge in [0.2, 0.25) is 0 Å². The molecule has 0 saturated carbocycles. The van der Waals surface area contributed by atoms with Crippen LogP contribution >= 0.6 is 0 Å². The predicted molar refractivity (Wildman–Crippen MR) is 41.0 cm³/mol. The smallest absolute Gasteiger partial charge is 0.0524 e. The molecule has 0 bridgehead atoms. The van der Waals surface area contributed by atoms with Crippen LogP contribution in [-0.4, -0.2) is 12.3 Å². The minimum Gasteiger partial charge on any atom is -0.294 e. The van der Waals surface area contributed by atoms with Crippen molar-refractivity contribution in [1.29, 1.82) is 0 Å². The highest BCUT2D eigenvalue weighted by Gasteiger charge is 2.19. The summed E-state index contributed by atoms with van der Waals surface area (Å²) < 4.78 is 0. The van der Waals surface area contributed by atoms with Crippen molar-refractivity contribution in [1.82, 2.24) is 0 Å². The number of nitrogens with zero attached hydrogens (tertiary/aromatic N) is 1. The van der Waals surface area contributed by atoms with Gasteiger partial charge in [0.05, 0.1) is 6.04 Å². The second-order valence-corrected chi connectivity index (χ2v) is 2.71. The van der Waals surface area contributed by atoms with Crippen LogP contribution in [0.2, 0.25) is 0 Å². The van der Waals surface area contributed by atoms with Gasteiger partial charge in [-0.05, 0) is 25.0 Å². The van der Waals surface area contributed by atoms with E-state index in [4.69, 9.17) is 0 Å². The Balaban J connectivity index is 2.39. The third-order valence-electron chi connectivity index (χ3n) is 2.19. The third kappa shape index (κ3) is 1.32. The fourth-order valence-corrected chi connectivity index (χ4v) is 1.49. The van der Waals surface area contributed by atoms with Crippen LogP contribution in [0.3, 0.4) is 0 Å². The molecule has 0 amide bonds. The van der Waals surface area contributed by atoms with E-state index in [0.29, 0.717) is 6.04 Å². The van der Waals surface area contributed by atoms with Crippen molar-refractivity contribution in [3.05, 3.63) is 0 Å². The standard InChI is InChI=1S/C8H15N/c1-3-7-5-6-9-8(7)4-2/h6-8H,3-5H2,1-2H3. The largest absolute Gasteiger partial charge is 0.294 e. The summed E-state index contributed by atoms with van der Waals surface area (Å²) in [6, 6.07) is 0.648. The molecule has 0 fully saturated rings. The average Bonchev–Trinajstić information content (AvgIpc) is 2.33. The first kappa shape index (κ1) is 6.79.